The van der Waals surface area contributed by atoms with Crippen molar-refractivity contribution in [3.63, 3.8) is 0 Å². The number of thioether (sulfide) groups is 1. The second kappa shape index (κ2) is 5.20. The van der Waals surface area contributed by atoms with Crippen LogP contribution in [0.3, 0.4) is 0 Å². The average molecular weight is 285 g/mol. The summed E-state index contributed by atoms with van der Waals surface area (Å²) >= 11 is 4.61. The molecule has 0 spiro atoms. The van der Waals surface area contributed by atoms with Gasteiger partial charge >= 0.3 is 5.97 Å². The highest BCUT2D eigenvalue weighted by molar-refractivity contribution is 8.00. The summed E-state index contributed by atoms with van der Waals surface area (Å²) in [5, 5.41) is 10.9. The molecule has 0 bridgehead atoms. The molecule has 0 saturated carbocycles. The third kappa shape index (κ3) is 3.08. The molecule has 0 fully saturated rings. The number of aromatic nitrogens is 1. The number of aromatic carboxylic acids is 1. The molecular formula is C11H11NO2S3. The number of carbonyl (C=O) groups is 1. The van der Waals surface area contributed by atoms with Gasteiger partial charge in [-0.05, 0) is 25.5 Å². The lowest BCUT2D eigenvalue weighted by molar-refractivity contribution is 0.0702. The third-order valence-corrected chi connectivity index (χ3v) is 5.45. The van der Waals surface area contributed by atoms with E-state index >= 15 is 0 Å². The number of nitrogens with zero attached hydrogens (tertiary/aromatic N) is 1. The van der Waals surface area contributed by atoms with Gasteiger partial charge in [-0.15, -0.1) is 22.7 Å². The normalized spacial score (nSPS) is 10.7. The number of hydrogen-bond donors (Lipinski definition) is 1. The van der Waals surface area contributed by atoms with Crippen LogP contribution in [0.15, 0.2) is 15.8 Å². The van der Waals surface area contributed by atoms with E-state index in [0.717, 1.165) is 26.2 Å². The SMILES string of the molecule is Cc1csc(SCc2cc(C(=O)O)sc2C)n1. The first-order chi connectivity index (χ1) is 8.06. The maximum Gasteiger partial charge on any atom is 0.345 e. The highest BCUT2D eigenvalue weighted by Crippen LogP contribution is 2.30. The van der Waals surface area contributed by atoms with Crippen LogP contribution >= 0.6 is 34.4 Å². The van der Waals surface area contributed by atoms with Crippen LogP contribution in [0.1, 0.15) is 25.8 Å². The maximum atomic E-state index is 10.8. The van der Waals surface area contributed by atoms with Crippen LogP contribution in [0.25, 0.3) is 0 Å². The molecule has 2 rings (SSSR count). The van der Waals surface area contributed by atoms with Gasteiger partial charge in [-0.1, -0.05) is 11.8 Å². The molecule has 17 heavy (non-hydrogen) atoms. The Morgan fingerprint density at radius 1 is 1.53 bits per heavy atom. The number of carboxylic acids is 1. The molecule has 0 radical (unpaired) electrons. The minimum atomic E-state index is -0.848. The van der Waals surface area contributed by atoms with Gasteiger partial charge in [-0.3, -0.25) is 0 Å². The zero-order valence-electron chi connectivity index (χ0n) is 9.39. The molecule has 2 heterocycles. The summed E-state index contributed by atoms with van der Waals surface area (Å²) in [5.41, 5.74) is 2.12. The molecule has 0 amide bonds. The Labute approximate surface area is 112 Å². The van der Waals surface area contributed by atoms with Crippen molar-refractivity contribution < 1.29 is 9.90 Å². The number of thiazole rings is 1. The van der Waals surface area contributed by atoms with Crippen LogP contribution in [0.2, 0.25) is 0 Å². The summed E-state index contributed by atoms with van der Waals surface area (Å²) in [7, 11) is 0. The lowest BCUT2D eigenvalue weighted by atomic mass is 10.3. The zero-order chi connectivity index (χ0) is 12.4. The highest BCUT2D eigenvalue weighted by Gasteiger charge is 2.11. The fourth-order valence-electron chi connectivity index (χ4n) is 1.31. The zero-order valence-corrected chi connectivity index (χ0v) is 11.8. The second-order valence-corrected chi connectivity index (χ2v) is 6.88. The second-order valence-electron chi connectivity index (χ2n) is 3.54. The average Bonchev–Trinajstić information content (AvgIpc) is 2.82. The van der Waals surface area contributed by atoms with E-state index in [1.54, 1.807) is 29.2 Å². The molecule has 6 heteroatoms. The Balaban J connectivity index is 2.06. The molecule has 0 atom stereocenters. The first-order valence-corrected chi connectivity index (χ1v) is 7.62. The Morgan fingerprint density at radius 2 is 2.29 bits per heavy atom. The van der Waals surface area contributed by atoms with Crippen molar-refractivity contribution in [3.8, 4) is 0 Å². The van der Waals surface area contributed by atoms with Crippen molar-refractivity contribution in [1.29, 1.82) is 0 Å². The van der Waals surface area contributed by atoms with E-state index in [1.165, 1.54) is 11.3 Å². The fraction of sp³-hybridized carbons (Fsp3) is 0.273. The molecular weight excluding hydrogens is 274 g/mol. The number of thiophene rings is 1. The summed E-state index contributed by atoms with van der Waals surface area (Å²) < 4.78 is 1.03. The minimum Gasteiger partial charge on any atom is -0.477 e. The lowest BCUT2D eigenvalue weighted by Gasteiger charge is -1.96. The first-order valence-electron chi connectivity index (χ1n) is 4.94. The Bertz CT molecular complexity index is 545. The van der Waals surface area contributed by atoms with Gasteiger partial charge < -0.3 is 5.11 Å². The fourth-order valence-corrected chi connectivity index (χ4v) is 4.18. The molecule has 0 aliphatic carbocycles. The third-order valence-electron chi connectivity index (χ3n) is 2.18. The smallest absolute Gasteiger partial charge is 0.345 e. The van der Waals surface area contributed by atoms with E-state index in [1.807, 2.05) is 19.2 Å². The Morgan fingerprint density at radius 3 is 2.82 bits per heavy atom. The van der Waals surface area contributed by atoms with E-state index < -0.39 is 5.97 Å². The van der Waals surface area contributed by atoms with Crippen molar-refractivity contribution in [2.24, 2.45) is 0 Å². The summed E-state index contributed by atoms with van der Waals surface area (Å²) in [6, 6.07) is 1.76. The van der Waals surface area contributed by atoms with E-state index in [9.17, 15) is 4.79 Å². The van der Waals surface area contributed by atoms with E-state index in [0.29, 0.717) is 4.88 Å². The van der Waals surface area contributed by atoms with Gasteiger partial charge in [0.15, 0.2) is 0 Å². The Hall–Kier alpha value is -0.850. The van der Waals surface area contributed by atoms with Gasteiger partial charge in [0.05, 0.1) is 0 Å². The van der Waals surface area contributed by atoms with Gasteiger partial charge in [-0.2, -0.15) is 0 Å². The molecule has 0 unspecified atom stereocenters. The van der Waals surface area contributed by atoms with Crippen LogP contribution in [-0.4, -0.2) is 16.1 Å². The van der Waals surface area contributed by atoms with E-state index in [2.05, 4.69) is 4.98 Å². The van der Waals surface area contributed by atoms with Crippen LogP contribution in [-0.2, 0) is 5.75 Å². The molecule has 0 aromatic carbocycles. The van der Waals surface area contributed by atoms with Gasteiger partial charge in [0.1, 0.15) is 9.22 Å². The molecule has 90 valence electrons. The predicted octanol–water partition coefficient (Wildman–Crippen LogP) is 3.81. The number of hydrogen-bond acceptors (Lipinski definition) is 5. The maximum absolute atomic E-state index is 10.8. The molecule has 0 saturated heterocycles. The molecule has 2 aromatic rings. The molecule has 1 N–H and O–H groups in total. The highest BCUT2D eigenvalue weighted by atomic mass is 32.2. The van der Waals surface area contributed by atoms with Crippen molar-refractivity contribution in [3.05, 3.63) is 32.5 Å². The largest absolute Gasteiger partial charge is 0.477 e. The number of aryl methyl sites for hydroxylation is 2. The van der Waals surface area contributed by atoms with Crippen LogP contribution in [0, 0.1) is 13.8 Å². The Kier molecular flexibility index (Phi) is 3.86. The summed E-state index contributed by atoms with van der Waals surface area (Å²) in [6.45, 7) is 3.93. The first kappa shape index (κ1) is 12.6. The summed E-state index contributed by atoms with van der Waals surface area (Å²) in [5.74, 6) is -0.0674. The summed E-state index contributed by atoms with van der Waals surface area (Å²) in [6.07, 6.45) is 0. The standard InChI is InChI=1S/C11H11NO2S3/c1-6-4-15-11(12-6)16-5-8-3-9(10(13)14)17-7(8)2/h3-4H,5H2,1-2H3,(H,13,14). The molecule has 3 nitrogen and oxygen atoms in total. The van der Waals surface area contributed by atoms with Gasteiger partial charge in [-0.25, -0.2) is 9.78 Å². The quantitative estimate of drug-likeness (QED) is 0.868. The summed E-state index contributed by atoms with van der Waals surface area (Å²) in [4.78, 5) is 16.7. The van der Waals surface area contributed by atoms with Crippen molar-refractivity contribution in [2.75, 3.05) is 0 Å². The predicted molar refractivity (Wildman–Crippen MR) is 72.4 cm³/mol. The number of carboxylic acid groups (broad SMARTS) is 1. The van der Waals surface area contributed by atoms with Gasteiger partial charge in [0, 0.05) is 21.7 Å². The van der Waals surface area contributed by atoms with Crippen LogP contribution in [0.5, 0.6) is 0 Å². The van der Waals surface area contributed by atoms with Crippen LogP contribution in [0.4, 0.5) is 0 Å². The molecule has 2 aromatic heterocycles. The van der Waals surface area contributed by atoms with Crippen molar-refractivity contribution in [2.45, 2.75) is 23.9 Å². The van der Waals surface area contributed by atoms with Crippen molar-refractivity contribution in [1.82, 2.24) is 4.98 Å². The number of rotatable bonds is 4. The monoisotopic (exact) mass is 285 g/mol. The topological polar surface area (TPSA) is 50.2 Å². The minimum absolute atomic E-state index is 0.411. The molecule has 0 aliphatic heterocycles. The van der Waals surface area contributed by atoms with Crippen LogP contribution < -0.4 is 0 Å². The molecule has 0 aliphatic rings. The van der Waals surface area contributed by atoms with E-state index in [-0.39, 0.29) is 0 Å². The van der Waals surface area contributed by atoms with E-state index in [4.69, 9.17) is 5.11 Å². The lowest BCUT2D eigenvalue weighted by Crippen LogP contribution is -1.90. The van der Waals surface area contributed by atoms with Gasteiger partial charge in [0.2, 0.25) is 0 Å². The van der Waals surface area contributed by atoms with Crippen molar-refractivity contribution >= 4 is 40.4 Å². The van der Waals surface area contributed by atoms with Gasteiger partial charge in [0.25, 0.3) is 0 Å².